The van der Waals surface area contributed by atoms with Gasteiger partial charge in [0.25, 0.3) is 0 Å². The fourth-order valence-electron chi connectivity index (χ4n) is 3.29. The number of rotatable bonds is 6. The van der Waals surface area contributed by atoms with Crippen LogP contribution in [0.15, 0.2) is 29.2 Å². The lowest BCUT2D eigenvalue weighted by Gasteiger charge is -2.35. The van der Waals surface area contributed by atoms with Crippen LogP contribution in [-0.2, 0) is 24.7 Å². The maximum Gasteiger partial charge on any atom is 0.230 e. The molecular formula is C18H28N2O5S2. The molecule has 0 N–H and O–H groups in total. The maximum atomic E-state index is 13.1. The van der Waals surface area contributed by atoms with Gasteiger partial charge in [-0.3, -0.25) is 4.79 Å². The molecule has 7 nitrogen and oxygen atoms in total. The molecule has 0 aromatic heterocycles. The molecule has 0 atom stereocenters. The Morgan fingerprint density at radius 2 is 1.63 bits per heavy atom. The van der Waals surface area contributed by atoms with Crippen molar-refractivity contribution in [2.75, 3.05) is 30.0 Å². The molecular weight excluding hydrogens is 388 g/mol. The first-order valence-corrected chi connectivity index (χ1v) is 12.6. The SMILES string of the molecule is CCS(=O)(=O)N1CCC(C(=O)N(c2ccc(S(C)(=O)=O)cc2)C(C)C)CC1. The Morgan fingerprint density at radius 3 is 2.04 bits per heavy atom. The second-order valence-electron chi connectivity index (χ2n) is 7.14. The fourth-order valence-corrected chi connectivity index (χ4v) is 5.06. The number of piperidine rings is 1. The van der Waals surface area contributed by atoms with E-state index >= 15 is 0 Å². The highest BCUT2D eigenvalue weighted by Gasteiger charge is 2.33. The molecule has 0 spiro atoms. The smallest absolute Gasteiger partial charge is 0.230 e. The molecule has 2 rings (SSSR count). The van der Waals surface area contributed by atoms with E-state index in [1.807, 2.05) is 13.8 Å². The van der Waals surface area contributed by atoms with Crippen LogP contribution in [0, 0.1) is 5.92 Å². The molecule has 27 heavy (non-hydrogen) atoms. The quantitative estimate of drug-likeness (QED) is 0.706. The van der Waals surface area contributed by atoms with Crippen LogP contribution in [0.5, 0.6) is 0 Å². The molecule has 1 aromatic rings. The van der Waals surface area contributed by atoms with E-state index in [0.29, 0.717) is 31.6 Å². The Kier molecular flexibility index (Phi) is 6.70. The number of carbonyl (C=O) groups excluding carboxylic acids is 1. The van der Waals surface area contributed by atoms with Crippen LogP contribution in [0.3, 0.4) is 0 Å². The Bertz CT molecular complexity index is 869. The van der Waals surface area contributed by atoms with E-state index in [0.717, 1.165) is 6.26 Å². The monoisotopic (exact) mass is 416 g/mol. The molecule has 0 aliphatic carbocycles. The molecule has 1 amide bonds. The third kappa shape index (κ3) is 5.08. The lowest BCUT2D eigenvalue weighted by atomic mass is 9.95. The lowest BCUT2D eigenvalue weighted by molar-refractivity contribution is -0.123. The van der Waals surface area contributed by atoms with Crippen molar-refractivity contribution in [3.05, 3.63) is 24.3 Å². The number of amides is 1. The van der Waals surface area contributed by atoms with Gasteiger partial charge in [-0.2, -0.15) is 0 Å². The Balaban J connectivity index is 2.17. The second kappa shape index (κ2) is 8.28. The minimum atomic E-state index is -3.29. The summed E-state index contributed by atoms with van der Waals surface area (Å²) >= 11 is 0. The van der Waals surface area contributed by atoms with Crippen LogP contribution in [0.25, 0.3) is 0 Å². The highest BCUT2D eigenvalue weighted by atomic mass is 32.2. The molecule has 1 aliphatic heterocycles. The van der Waals surface area contributed by atoms with E-state index in [4.69, 9.17) is 0 Å². The van der Waals surface area contributed by atoms with Crippen LogP contribution in [0.2, 0.25) is 0 Å². The summed E-state index contributed by atoms with van der Waals surface area (Å²) in [7, 11) is -6.52. The van der Waals surface area contributed by atoms with Crippen LogP contribution in [-0.4, -0.2) is 58.2 Å². The first kappa shape index (κ1) is 21.8. The predicted octanol–water partition coefficient (Wildman–Crippen LogP) is 1.89. The summed E-state index contributed by atoms with van der Waals surface area (Å²) in [5.74, 6) is -0.230. The van der Waals surface area contributed by atoms with Crippen LogP contribution in [0.1, 0.15) is 33.6 Å². The van der Waals surface area contributed by atoms with Crippen molar-refractivity contribution in [1.82, 2.24) is 4.31 Å². The summed E-state index contributed by atoms with van der Waals surface area (Å²) in [6, 6.07) is 6.20. The van der Waals surface area contributed by atoms with Gasteiger partial charge in [-0.1, -0.05) is 0 Å². The highest BCUT2D eigenvalue weighted by Crippen LogP contribution is 2.27. The predicted molar refractivity (Wildman–Crippen MR) is 106 cm³/mol. The Hall–Kier alpha value is -1.45. The molecule has 1 aromatic carbocycles. The summed E-state index contributed by atoms with van der Waals surface area (Å²) in [6.07, 6.45) is 2.12. The van der Waals surface area contributed by atoms with Crippen molar-refractivity contribution in [2.24, 2.45) is 5.92 Å². The Morgan fingerprint density at radius 1 is 1.11 bits per heavy atom. The van der Waals surface area contributed by atoms with Crippen molar-refractivity contribution in [2.45, 2.75) is 44.6 Å². The molecule has 0 radical (unpaired) electrons. The van der Waals surface area contributed by atoms with Crippen molar-refractivity contribution < 1.29 is 21.6 Å². The van der Waals surface area contributed by atoms with Gasteiger partial charge in [0.2, 0.25) is 15.9 Å². The average Bonchev–Trinajstić information content (AvgIpc) is 2.61. The average molecular weight is 417 g/mol. The number of carbonyl (C=O) groups is 1. The number of anilines is 1. The van der Waals surface area contributed by atoms with E-state index in [9.17, 15) is 21.6 Å². The second-order valence-corrected chi connectivity index (χ2v) is 11.4. The number of benzene rings is 1. The van der Waals surface area contributed by atoms with Gasteiger partial charge in [-0.15, -0.1) is 0 Å². The topological polar surface area (TPSA) is 91.8 Å². The fraction of sp³-hybridized carbons (Fsp3) is 0.611. The Labute approximate surface area is 162 Å². The van der Waals surface area contributed by atoms with Crippen molar-refractivity contribution in [1.29, 1.82) is 0 Å². The minimum Gasteiger partial charge on any atom is -0.310 e. The van der Waals surface area contributed by atoms with E-state index in [1.165, 1.54) is 16.4 Å². The van der Waals surface area contributed by atoms with Gasteiger partial charge in [0.15, 0.2) is 9.84 Å². The van der Waals surface area contributed by atoms with E-state index in [1.54, 1.807) is 24.0 Å². The maximum absolute atomic E-state index is 13.1. The van der Waals surface area contributed by atoms with Gasteiger partial charge < -0.3 is 4.90 Å². The number of sulfone groups is 1. The highest BCUT2D eigenvalue weighted by molar-refractivity contribution is 7.90. The molecule has 0 bridgehead atoms. The number of hydrogen-bond donors (Lipinski definition) is 0. The lowest BCUT2D eigenvalue weighted by Crippen LogP contribution is -2.46. The van der Waals surface area contributed by atoms with Crippen molar-refractivity contribution in [3.63, 3.8) is 0 Å². The minimum absolute atomic E-state index is 0.0503. The zero-order valence-corrected chi connectivity index (χ0v) is 17.9. The number of nitrogens with zero attached hydrogens (tertiary/aromatic N) is 2. The first-order chi connectivity index (χ1) is 12.5. The van der Waals surface area contributed by atoms with Gasteiger partial charge in [0, 0.05) is 37.0 Å². The summed E-state index contributed by atoms with van der Waals surface area (Å²) in [4.78, 5) is 15.0. The van der Waals surface area contributed by atoms with Gasteiger partial charge in [-0.25, -0.2) is 21.1 Å². The van der Waals surface area contributed by atoms with Crippen LogP contribution < -0.4 is 4.90 Å². The first-order valence-electron chi connectivity index (χ1n) is 9.08. The van der Waals surface area contributed by atoms with Crippen LogP contribution >= 0.6 is 0 Å². The summed E-state index contributed by atoms with van der Waals surface area (Å²) in [5.41, 5.74) is 0.644. The van der Waals surface area contributed by atoms with Crippen molar-refractivity contribution in [3.8, 4) is 0 Å². The molecule has 1 fully saturated rings. The largest absolute Gasteiger partial charge is 0.310 e. The molecule has 1 saturated heterocycles. The van der Waals surface area contributed by atoms with E-state index in [-0.39, 0.29) is 28.5 Å². The van der Waals surface area contributed by atoms with Gasteiger partial charge in [0.05, 0.1) is 10.6 Å². The molecule has 152 valence electrons. The number of sulfonamides is 1. The standard InChI is InChI=1S/C18H28N2O5S2/c1-5-27(24,25)19-12-10-15(11-13-19)18(21)20(14(2)3)16-6-8-17(9-7-16)26(4,22)23/h6-9,14-15H,5,10-13H2,1-4H3. The molecule has 0 unspecified atom stereocenters. The summed E-state index contributed by atoms with van der Waals surface area (Å²) < 4.78 is 48.7. The molecule has 9 heteroatoms. The zero-order valence-electron chi connectivity index (χ0n) is 16.3. The molecule has 0 saturated carbocycles. The number of hydrogen-bond acceptors (Lipinski definition) is 5. The van der Waals surface area contributed by atoms with Crippen LogP contribution in [0.4, 0.5) is 5.69 Å². The van der Waals surface area contributed by atoms with Gasteiger partial charge in [-0.05, 0) is 57.9 Å². The van der Waals surface area contributed by atoms with Gasteiger partial charge >= 0.3 is 0 Å². The normalized spacial score (nSPS) is 17.2. The third-order valence-electron chi connectivity index (χ3n) is 4.86. The van der Waals surface area contributed by atoms with E-state index < -0.39 is 19.9 Å². The third-order valence-corrected chi connectivity index (χ3v) is 7.87. The van der Waals surface area contributed by atoms with Gasteiger partial charge in [0.1, 0.15) is 0 Å². The van der Waals surface area contributed by atoms with E-state index in [2.05, 4.69) is 0 Å². The van der Waals surface area contributed by atoms with Crippen molar-refractivity contribution >= 4 is 31.5 Å². The summed E-state index contributed by atoms with van der Waals surface area (Å²) in [6.45, 7) is 6.13. The molecule has 1 aliphatic rings. The summed E-state index contributed by atoms with van der Waals surface area (Å²) in [5, 5.41) is 0. The molecule has 1 heterocycles. The zero-order chi connectivity index (χ0) is 20.4.